The fourth-order valence-electron chi connectivity index (χ4n) is 2.84. The minimum Gasteiger partial charge on any atom is -0.352 e. The van der Waals surface area contributed by atoms with Crippen LogP contribution in [0.4, 0.5) is 5.82 Å². The van der Waals surface area contributed by atoms with Gasteiger partial charge in [-0.25, -0.2) is 9.67 Å². The highest BCUT2D eigenvalue weighted by molar-refractivity contribution is 5.91. The summed E-state index contributed by atoms with van der Waals surface area (Å²) in [5, 5.41) is 12.5. The predicted molar refractivity (Wildman–Crippen MR) is 99.0 cm³/mol. The number of piperazine rings is 1. The molecule has 1 amide bonds. The summed E-state index contributed by atoms with van der Waals surface area (Å²) in [7, 11) is 0. The first kappa shape index (κ1) is 16.8. The van der Waals surface area contributed by atoms with Crippen molar-refractivity contribution in [3.8, 4) is 5.82 Å². The Kier molecular flexibility index (Phi) is 4.82. The molecule has 0 unspecified atom stereocenters. The van der Waals surface area contributed by atoms with E-state index in [2.05, 4.69) is 30.2 Å². The van der Waals surface area contributed by atoms with Crippen LogP contribution in [0.25, 0.3) is 11.9 Å². The minimum atomic E-state index is 0.00566. The lowest BCUT2D eigenvalue weighted by atomic mass is 10.2. The van der Waals surface area contributed by atoms with E-state index in [1.807, 2.05) is 29.2 Å². The molecule has 0 aromatic carbocycles. The highest BCUT2D eigenvalue weighted by Gasteiger charge is 2.20. The van der Waals surface area contributed by atoms with E-state index in [1.165, 1.54) is 6.33 Å². The van der Waals surface area contributed by atoms with E-state index in [0.717, 1.165) is 11.4 Å². The fraction of sp³-hybridized carbons (Fsp3) is 0.222. The maximum Gasteiger partial charge on any atom is 0.246 e. The van der Waals surface area contributed by atoms with Gasteiger partial charge in [-0.15, -0.1) is 10.2 Å². The Labute approximate surface area is 156 Å². The van der Waals surface area contributed by atoms with E-state index in [1.54, 1.807) is 35.6 Å². The smallest absolute Gasteiger partial charge is 0.246 e. The molecule has 9 nitrogen and oxygen atoms in total. The molecule has 0 bridgehead atoms. The molecular weight excluding hydrogens is 344 g/mol. The van der Waals surface area contributed by atoms with Crippen LogP contribution in [-0.2, 0) is 4.79 Å². The Bertz CT molecular complexity index is 900. The van der Waals surface area contributed by atoms with Gasteiger partial charge in [0.05, 0.1) is 0 Å². The predicted octanol–water partition coefficient (Wildman–Crippen LogP) is 0.814. The van der Waals surface area contributed by atoms with Gasteiger partial charge >= 0.3 is 0 Å². The van der Waals surface area contributed by atoms with Crippen LogP contribution in [0.5, 0.6) is 0 Å². The number of nitrogens with zero attached hydrogens (tertiary/aromatic N) is 8. The molecule has 0 spiro atoms. The van der Waals surface area contributed by atoms with Crippen molar-refractivity contribution in [3.63, 3.8) is 0 Å². The molecule has 136 valence electrons. The van der Waals surface area contributed by atoms with Gasteiger partial charge in [0.2, 0.25) is 5.91 Å². The van der Waals surface area contributed by atoms with E-state index in [-0.39, 0.29) is 5.91 Å². The molecular formula is C18H18N8O. The Morgan fingerprint density at radius 3 is 2.48 bits per heavy atom. The molecule has 3 aromatic heterocycles. The second-order valence-corrected chi connectivity index (χ2v) is 6.02. The number of hydrogen-bond acceptors (Lipinski definition) is 7. The van der Waals surface area contributed by atoms with Gasteiger partial charge in [-0.2, -0.15) is 5.10 Å². The van der Waals surface area contributed by atoms with Gasteiger partial charge in [-0.1, -0.05) is 6.07 Å². The lowest BCUT2D eigenvalue weighted by Crippen LogP contribution is -2.48. The van der Waals surface area contributed by atoms with E-state index in [9.17, 15) is 4.79 Å². The third-order valence-electron chi connectivity index (χ3n) is 4.31. The van der Waals surface area contributed by atoms with Crippen molar-refractivity contribution in [2.75, 3.05) is 31.1 Å². The lowest BCUT2D eigenvalue weighted by Gasteiger charge is -2.34. The van der Waals surface area contributed by atoms with Crippen molar-refractivity contribution in [2.45, 2.75) is 0 Å². The van der Waals surface area contributed by atoms with Gasteiger partial charge < -0.3 is 9.80 Å². The number of aromatic nitrogens is 6. The average molecular weight is 362 g/mol. The normalized spacial score (nSPS) is 14.7. The van der Waals surface area contributed by atoms with Crippen LogP contribution in [0.1, 0.15) is 5.56 Å². The maximum atomic E-state index is 12.3. The van der Waals surface area contributed by atoms with Gasteiger partial charge in [0.15, 0.2) is 11.6 Å². The van der Waals surface area contributed by atoms with E-state index >= 15 is 0 Å². The highest BCUT2D eigenvalue weighted by atomic mass is 16.2. The summed E-state index contributed by atoms with van der Waals surface area (Å²) in [5.41, 5.74) is 0.909. The molecule has 0 N–H and O–H groups in total. The summed E-state index contributed by atoms with van der Waals surface area (Å²) in [6.07, 6.45) is 9.85. The first-order valence-electron chi connectivity index (χ1n) is 8.60. The molecule has 4 heterocycles. The number of rotatable bonds is 4. The number of carbonyl (C=O) groups excluding carboxylic acids is 1. The molecule has 1 aliphatic rings. The van der Waals surface area contributed by atoms with Gasteiger partial charge in [0.1, 0.15) is 12.7 Å². The highest BCUT2D eigenvalue weighted by Crippen LogP contribution is 2.14. The zero-order valence-electron chi connectivity index (χ0n) is 14.6. The Morgan fingerprint density at radius 1 is 1.00 bits per heavy atom. The Balaban J connectivity index is 1.33. The van der Waals surface area contributed by atoms with Crippen LogP contribution in [0.2, 0.25) is 0 Å². The van der Waals surface area contributed by atoms with Gasteiger partial charge in [0, 0.05) is 44.6 Å². The summed E-state index contributed by atoms with van der Waals surface area (Å²) in [5.74, 6) is 1.41. The van der Waals surface area contributed by atoms with Crippen molar-refractivity contribution in [1.82, 2.24) is 34.8 Å². The fourth-order valence-corrected chi connectivity index (χ4v) is 2.84. The molecule has 0 aliphatic carbocycles. The third kappa shape index (κ3) is 3.97. The van der Waals surface area contributed by atoms with Crippen LogP contribution in [-0.4, -0.2) is 66.9 Å². The summed E-state index contributed by atoms with van der Waals surface area (Å²) >= 11 is 0. The maximum absolute atomic E-state index is 12.3. The third-order valence-corrected chi connectivity index (χ3v) is 4.31. The van der Waals surface area contributed by atoms with Crippen molar-refractivity contribution in [3.05, 3.63) is 61.0 Å². The molecule has 3 aromatic rings. The molecule has 27 heavy (non-hydrogen) atoms. The second-order valence-electron chi connectivity index (χ2n) is 6.02. The van der Waals surface area contributed by atoms with E-state index in [0.29, 0.717) is 32.0 Å². The number of anilines is 1. The topological polar surface area (TPSA) is 92.9 Å². The largest absolute Gasteiger partial charge is 0.352 e. The van der Waals surface area contributed by atoms with Crippen LogP contribution in [0.3, 0.4) is 0 Å². The number of carbonyl (C=O) groups is 1. The zero-order valence-corrected chi connectivity index (χ0v) is 14.6. The second kappa shape index (κ2) is 7.73. The lowest BCUT2D eigenvalue weighted by molar-refractivity contribution is -0.126. The number of hydrogen-bond donors (Lipinski definition) is 0. The van der Waals surface area contributed by atoms with Crippen molar-refractivity contribution < 1.29 is 4.79 Å². The van der Waals surface area contributed by atoms with Gasteiger partial charge in [-0.05, 0) is 29.8 Å². The van der Waals surface area contributed by atoms with Crippen LogP contribution < -0.4 is 4.90 Å². The summed E-state index contributed by atoms with van der Waals surface area (Å²) in [6.45, 7) is 2.71. The molecule has 9 heteroatoms. The van der Waals surface area contributed by atoms with Crippen LogP contribution in [0.15, 0.2) is 55.4 Å². The van der Waals surface area contributed by atoms with E-state index in [4.69, 9.17) is 0 Å². The molecule has 0 saturated carbocycles. The van der Waals surface area contributed by atoms with Crippen molar-refractivity contribution >= 4 is 17.8 Å². The van der Waals surface area contributed by atoms with Crippen molar-refractivity contribution in [1.29, 1.82) is 0 Å². The number of amides is 1. The average Bonchev–Trinajstić information content (AvgIpc) is 3.28. The van der Waals surface area contributed by atoms with Gasteiger partial charge in [0.25, 0.3) is 0 Å². The van der Waals surface area contributed by atoms with Crippen molar-refractivity contribution in [2.24, 2.45) is 0 Å². The standard InChI is InChI=1S/C18H18N8O/c27-18(6-3-15-2-1-7-19-12-15)25-10-8-24(9-11-25)16-4-5-17(23-22-16)26-14-20-13-21-26/h1-7,12-14H,8-11H2/b6-3+. The summed E-state index contributed by atoms with van der Waals surface area (Å²) < 4.78 is 1.56. The zero-order chi connectivity index (χ0) is 18.5. The molecule has 0 radical (unpaired) electrons. The molecule has 1 fully saturated rings. The molecule has 4 rings (SSSR count). The van der Waals surface area contributed by atoms with Crippen LogP contribution in [0, 0.1) is 0 Å². The minimum absolute atomic E-state index is 0.00566. The van der Waals surface area contributed by atoms with Gasteiger partial charge in [-0.3, -0.25) is 9.78 Å². The SMILES string of the molecule is O=C(/C=C/c1cccnc1)N1CCN(c2ccc(-n3cncn3)nn2)CC1. The van der Waals surface area contributed by atoms with Crippen LogP contribution >= 0.6 is 0 Å². The van der Waals surface area contributed by atoms with E-state index < -0.39 is 0 Å². The monoisotopic (exact) mass is 362 g/mol. The summed E-state index contributed by atoms with van der Waals surface area (Å²) in [6, 6.07) is 7.52. The number of pyridine rings is 1. The molecule has 0 atom stereocenters. The summed E-state index contributed by atoms with van der Waals surface area (Å²) in [4.78, 5) is 24.2. The first-order chi connectivity index (χ1) is 13.3. The Morgan fingerprint density at radius 2 is 1.81 bits per heavy atom. The molecule has 1 saturated heterocycles. The quantitative estimate of drug-likeness (QED) is 0.634. The Hall–Kier alpha value is -3.62. The molecule has 1 aliphatic heterocycles. The first-order valence-corrected chi connectivity index (χ1v) is 8.60.